The summed E-state index contributed by atoms with van der Waals surface area (Å²) in [6, 6.07) is 0. The van der Waals surface area contributed by atoms with Crippen molar-refractivity contribution in [3.05, 3.63) is 0 Å². The number of hydrogen-bond donors (Lipinski definition) is 4. The molecule has 1 aliphatic rings. The first-order chi connectivity index (χ1) is 7.85. The van der Waals surface area contributed by atoms with Gasteiger partial charge in [0.2, 0.25) is 0 Å². The molecule has 0 amide bonds. The molecule has 0 aromatic rings. The number of hydrogen-bond acceptors (Lipinski definition) is 6. The van der Waals surface area contributed by atoms with Crippen LogP contribution in [0.1, 0.15) is 6.42 Å². The lowest BCUT2D eigenvalue weighted by molar-refractivity contribution is 0.0325. The first kappa shape index (κ1) is 15.2. The molecule has 9 heteroatoms. The summed E-state index contributed by atoms with van der Waals surface area (Å²) in [5.74, 6) is 0.938. The Morgan fingerprint density at radius 2 is 2.00 bits per heavy atom. The van der Waals surface area contributed by atoms with E-state index in [1.54, 1.807) is 0 Å². The second kappa shape index (κ2) is 6.32. The second-order valence-electron chi connectivity index (χ2n) is 3.79. The maximum Gasteiger partial charge on any atom is 0.397 e. The maximum atomic E-state index is 10.3. The first-order valence-electron chi connectivity index (χ1n) is 5.10. The van der Waals surface area contributed by atoms with E-state index >= 15 is 0 Å². The molecule has 102 valence electrons. The van der Waals surface area contributed by atoms with Crippen LogP contribution in [0.2, 0.25) is 0 Å². The molecule has 17 heavy (non-hydrogen) atoms. The summed E-state index contributed by atoms with van der Waals surface area (Å²) in [4.78, 5) is 0. The molecule has 1 rings (SSSR count). The molecule has 0 saturated carbocycles. The fraction of sp³-hybridized carbons (Fsp3) is 1.00. The van der Waals surface area contributed by atoms with Crippen molar-refractivity contribution in [2.45, 2.75) is 23.9 Å². The molecular formula is C8H17O7S2+. The quantitative estimate of drug-likeness (QED) is 0.251. The fourth-order valence-corrected chi connectivity index (χ4v) is 4.70. The van der Waals surface area contributed by atoms with Gasteiger partial charge in [-0.25, -0.2) is 4.18 Å². The summed E-state index contributed by atoms with van der Waals surface area (Å²) in [6.45, 7) is -0.354. The van der Waals surface area contributed by atoms with E-state index in [2.05, 4.69) is 4.18 Å². The Balaban J connectivity index is 2.32. The molecule has 1 heterocycles. The minimum atomic E-state index is -4.41. The van der Waals surface area contributed by atoms with Gasteiger partial charge < -0.3 is 15.3 Å². The Labute approximate surface area is 103 Å². The standard InChI is InChI=1S/C8H16O7S2/c9-4-7-8(11)6(10)5-16(7)3-1-2-15-17(12,13)14/h6-11H,1-5H2/p+1/t6-,7-,8+,16?/m1/s1. The van der Waals surface area contributed by atoms with Gasteiger partial charge in [-0.2, -0.15) is 8.42 Å². The molecule has 1 saturated heterocycles. The van der Waals surface area contributed by atoms with Crippen LogP contribution in [-0.2, 0) is 25.5 Å². The van der Waals surface area contributed by atoms with Crippen molar-refractivity contribution < 1.29 is 32.5 Å². The summed E-state index contributed by atoms with van der Waals surface area (Å²) in [7, 11) is -4.77. The molecule has 0 spiro atoms. The molecule has 7 nitrogen and oxygen atoms in total. The minimum Gasteiger partial charge on any atom is -0.391 e. The van der Waals surface area contributed by atoms with E-state index in [4.69, 9.17) is 9.66 Å². The number of aliphatic hydroxyl groups is 3. The predicted molar refractivity (Wildman–Crippen MR) is 62.1 cm³/mol. The third-order valence-electron chi connectivity index (χ3n) is 2.55. The molecular weight excluding hydrogens is 272 g/mol. The van der Waals surface area contributed by atoms with Crippen LogP contribution in [0.15, 0.2) is 0 Å². The predicted octanol–water partition coefficient (Wildman–Crippen LogP) is -2.09. The molecule has 0 aromatic carbocycles. The Morgan fingerprint density at radius 3 is 2.53 bits per heavy atom. The van der Waals surface area contributed by atoms with E-state index in [9.17, 15) is 18.6 Å². The molecule has 1 aliphatic heterocycles. The zero-order valence-corrected chi connectivity index (χ0v) is 10.7. The van der Waals surface area contributed by atoms with Crippen molar-refractivity contribution in [2.75, 3.05) is 24.7 Å². The van der Waals surface area contributed by atoms with Crippen LogP contribution in [0.4, 0.5) is 0 Å². The van der Waals surface area contributed by atoms with E-state index in [0.29, 0.717) is 17.9 Å². The third kappa shape index (κ3) is 4.70. The van der Waals surface area contributed by atoms with Crippen LogP contribution < -0.4 is 0 Å². The molecule has 0 aliphatic carbocycles. The van der Waals surface area contributed by atoms with Crippen LogP contribution in [0.25, 0.3) is 0 Å². The Hall–Kier alpha value is 0.1000. The van der Waals surface area contributed by atoms with Gasteiger partial charge in [0, 0.05) is 6.42 Å². The summed E-state index contributed by atoms with van der Waals surface area (Å²) < 4.78 is 33.0. The SMILES string of the molecule is O=S(=O)(O)OCCC[S+]1C[C@@H](O)[C@H](O)[C@H]1CO. The van der Waals surface area contributed by atoms with Gasteiger partial charge in [0.1, 0.15) is 23.7 Å². The van der Waals surface area contributed by atoms with E-state index < -0.39 is 22.6 Å². The first-order valence-corrected chi connectivity index (χ1v) is 8.09. The Morgan fingerprint density at radius 1 is 1.35 bits per heavy atom. The van der Waals surface area contributed by atoms with Gasteiger partial charge in [0.25, 0.3) is 0 Å². The zero-order chi connectivity index (χ0) is 13.1. The van der Waals surface area contributed by atoms with Gasteiger partial charge >= 0.3 is 10.4 Å². The van der Waals surface area contributed by atoms with Crippen molar-refractivity contribution in [3.8, 4) is 0 Å². The van der Waals surface area contributed by atoms with Crippen LogP contribution >= 0.6 is 0 Å². The fourth-order valence-electron chi connectivity index (χ4n) is 1.74. The van der Waals surface area contributed by atoms with Crippen LogP contribution in [0.3, 0.4) is 0 Å². The second-order valence-corrected chi connectivity index (χ2v) is 7.30. The highest BCUT2D eigenvalue weighted by molar-refractivity contribution is 7.97. The van der Waals surface area contributed by atoms with Gasteiger partial charge in [0.15, 0.2) is 5.25 Å². The molecule has 1 unspecified atom stereocenters. The maximum absolute atomic E-state index is 10.3. The van der Waals surface area contributed by atoms with E-state index in [0.717, 1.165) is 0 Å². The van der Waals surface area contributed by atoms with Crippen molar-refractivity contribution in [1.29, 1.82) is 0 Å². The summed E-state index contributed by atoms with van der Waals surface area (Å²) in [5.41, 5.74) is 0. The van der Waals surface area contributed by atoms with Crippen molar-refractivity contribution >= 4 is 21.3 Å². The van der Waals surface area contributed by atoms with Gasteiger partial charge in [-0.05, 0) is 10.9 Å². The minimum absolute atomic E-state index is 0.146. The van der Waals surface area contributed by atoms with Gasteiger partial charge in [-0.1, -0.05) is 0 Å². The van der Waals surface area contributed by atoms with Crippen molar-refractivity contribution in [3.63, 3.8) is 0 Å². The molecule has 4 atom stereocenters. The lowest BCUT2D eigenvalue weighted by atomic mass is 10.2. The van der Waals surface area contributed by atoms with Gasteiger partial charge in [-0.15, -0.1) is 0 Å². The molecule has 0 bridgehead atoms. The normalized spacial score (nSPS) is 34.1. The average Bonchev–Trinajstić information content (AvgIpc) is 2.48. The highest BCUT2D eigenvalue weighted by Gasteiger charge is 2.48. The van der Waals surface area contributed by atoms with E-state index in [1.165, 1.54) is 0 Å². The summed E-state index contributed by atoms with van der Waals surface area (Å²) >= 11 is 0. The van der Waals surface area contributed by atoms with Crippen LogP contribution in [-0.4, -0.2) is 70.5 Å². The smallest absolute Gasteiger partial charge is 0.391 e. The summed E-state index contributed by atoms with van der Waals surface area (Å²) in [6.07, 6.45) is -1.39. The average molecular weight is 289 g/mol. The Kier molecular flexibility index (Phi) is 5.64. The van der Waals surface area contributed by atoms with Crippen molar-refractivity contribution in [1.82, 2.24) is 0 Å². The monoisotopic (exact) mass is 289 g/mol. The molecule has 1 fully saturated rings. The number of rotatable bonds is 6. The molecule has 0 aromatic heterocycles. The van der Waals surface area contributed by atoms with E-state index in [-0.39, 0.29) is 29.4 Å². The molecule has 4 N–H and O–H groups in total. The largest absolute Gasteiger partial charge is 0.397 e. The van der Waals surface area contributed by atoms with Crippen LogP contribution in [0.5, 0.6) is 0 Å². The third-order valence-corrected chi connectivity index (χ3v) is 5.88. The van der Waals surface area contributed by atoms with Crippen molar-refractivity contribution in [2.24, 2.45) is 0 Å². The van der Waals surface area contributed by atoms with Gasteiger partial charge in [0.05, 0.1) is 13.2 Å². The highest BCUT2D eigenvalue weighted by atomic mass is 32.3. The highest BCUT2D eigenvalue weighted by Crippen LogP contribution is 2.24. The van der Waals surface area contributed by atoms with Crippen LogP contribution in [0, 0.1) is 0 Å². The topological polar surface area (TPSA) is 124 Å². The molecule has 0 radical (unpaired) electrons. The van der Waals surface area contributed by atoms with Gasteiger partial charge in [-0.3, -0.25) is 4.55 Å². The lowest BCUT2D eigenvalue weighted by Crippen LogP contribution is -2.34. The summed E-state index contributed by atoms with van der Waals surface area (Å²) in [5, 5.41) is 27.7. The van der Waals surface area contributed by atoms with E-state index in [1.807, 2.05) is 0 Å². The zero-order valence-electron chi connectivity index (χ0n) is 9.10. The lowest BCUT2D eigenvalue weighted by Gasteiger charge is -2.11. The number of aliphatic hydroxyl groups excluding tert-OH is 3. The Bertz CT molecular complexity index is 331.